The Morgan fingerprint density at radius 2 is 1.49 bits per heavy atom. The van der Waals surface area contributed by atoms with Crippen molar-refractivity contribution in [3.05, 3.63) is 66.3 Å². The van der Waals surface area contributed by atoms with E-state index in [4.69, 9.17) is 61.7 Å². The smallest absolute Gasteiger partial charge is 0.229 e. The van der Waals surface area contributed by atoms with Crippen LogP contribution in [0.4, 0.5) is 0 Å². The van der Waals surface area contributed by atoms with Crippen LogP contribution in [0.1, 0.15) is 119 Å². The predicted octanol–water partition coefficient (Wildman–Crippen LogP) is 2.55. The summed E-state index contributed by atoms with van der Waals surface area (Å²) in [5.74, 6) is -3.77. The quantitative estimate of drug-likeness (QED) is 0.0370. The molecule has 26 nitrogen and oxygen atoms in total. The monoisotopic (exact) mass is 1340 g/mol. The van der Waals surface area contributed by atoms with Crippen molar-refractivity contribution in [2.75, 3.05) is 48.7 Å². The number of carbonyl (C=O) groups excluding carboxylic acids is 4. The number of rotatable bonds is 19. The largest absolute Gasteiger partial charge is 0.507 e. The van der Waals surface area contributed by atoms with Gasteiger partial charge in [0.25, 0.3) is 0 Å². The summed E-state index contributed by atoms with van der Waals surface area (Å²) in [7, 11) is 6.88. The van der Waals surface area contributed by atoms with Crippen molar-refractivity contribution in [3.8, 4) is 34.5 Å². The summed E-state index contributed by atoms with van der Waals surface area (Å²) in [5.41, 5.74) is -0.694. The number of ether oxygens (including phenoxy) is 12. The van der Waals surface area contributed by atoms with Crippen LogP contribution in [0, 0.1) is 10.5 Å². The highest BCUT2D eigenvalue weighted by atomic mass is 127. The average Bonchev–Trinajstić information content (AvgIpc) is 0.756. The average molecular weight is 1340 g/mol. The third-order valence-corrected chi connectivity index (χ3v) is 19.6. The molecule has 4 fully saturated rings. The molecule has 0 saturated carbocycles. The number of likely N-dealkylation sites (N-methyl/N-ethyl adjacent to an activating group) is 1. The molecule has 28 heteroatoms. The number of aliphatic hydroxyl groups is 5. The van der Waals surface area contributed by atoms with Crippen molar-refractivity contribution < 1.29 is 117 Å². The maximum Gasteiger partial charge on any atom is 0.229 e. The molecule has 0 spiro atoms. The second-order valence-corrected chi connectivity index (χ2v) is 24.4. The number of hydroxylamine groups is 1. The number of phenols is 2. The van der Waals surface area contributed by atoms with Crippen LogP contribution in [0.15, 0.2) is 18.2 Å². The Balaban J connectivity index is 0.946. The Hall–Kier alpha value is -4.42. The van der Waals surface area contributed by atoms with Gasteiger partial charge in [0, 0.05) is 56.6 Å². The van der Waals surface area contributed by atoms with Gasteiger partial charge in [-0.05, 0) is 75.4 Å². The second kappa shape index (κ2) is 27.0. The minimum Gasteiger partial charge on any atom is -0.507 e. The van der Waals surface area contributed by atoms with Crippen molar-refractivity contribution in [2.24, 2.45) is 0 Å². The molecule has 0 amide bonds. The summed E-state index contributed by atoms with van der Waals surface area (Å²) < 4.78 is 72.6. The van der Waals surface area contributed by atoms with Gasteiger partial charge in [0.2, 0.25) is 22.9 Å². The molecule has 4 saturated heterocycles. The third-order valence-electron chi connectivity index (χ3n) is 16.9. The van der Waals surface area contributed by atoms with Crippen molar-refractivity contribution in [3.63, 3.8) is 0 Å². The number of thioether (sulfide) groups is 1. The van der Waals surface area contributed by atoms with Crippen LogP contribution in [0.25, 0.3) is 0 Å². The molecule has 4 heterocycles. The number of halogens is 1. The Morgan fingerprint density at radius 3 is 2.13 bits per heavy atom. The van der Waals surface area contributed by atoms with Crippen LogP contribution in [-0.2, 0) is 53.9 Å². The Labute approximate surface area is 513 Å². The lowest BCUT2D eigenvalue weighted by Gasteiger charge is -2.47. The van der Waals surface area contributed by atoms with Crippen LogP contribution in [0.5, 0.6) is 34.5 Å². The molecule has 0 bridgehead atoms. The minimum atomic E-state index is -2.26. The lowest BCUT2D eigenvalue weighted by Crippen LogP contribution is -2.65. The normalized spacial score (nSPS) is 34.4. The molecule has 0 radical (unpaired) electrons. The van der Waals surface area contributed by atoms with Gasteiger partial charge in [-0.2, -0.15) is 5.48 Å². The molecule has 86 heavy (non-hydrogen) atoms. The topological polar surface area (TPSA) is 354 Å². The van der Waals surface area contributed by atoms with Crippen molar-refractivity contribution in [1.29, 1.82) is 0 Å². The van der Waals surface area contributed by atoms with Gasteiger partial charge in [0.1, 0.15) is 53.4 Å². The standard InChI is InChI=1S/C58H75IN2O24S/c1-12-60-28-20-78-33(17-31(28)74-8)83-52-47(69)41(22(3)80-57(52)82-32-19-58(72,25(6)62)18-27-37(32)46(68)39-38(44(27)66)43(65)26-14-13-15-30(73-7)36(26)45(39)67)61-85-34-16-29(63)54(24(5)79-34)86-55(71)35-21(2)40(59)50(53(77-11)49(35)75-9)84-56-48(70)51(76-10)42(64)23(4)81-56/h13-15,22-24,28-29,31-34,41-42,47-48,51-52,54,56-57,60-61,63-64,66,68-70,72H,12,16-20H2,1-11H3/t22-,23+,24-,28+,29+,31+,32+,33+,34+,41-,42+,47+,48-,51-,52-,54-,56+,57-,58+/m1/s1. The molecule has 3 aromatic rings. The number of methoxy groups -OCH3 is 5. The predicted molar refractivity (Wildman–Crippen MR) is 309 cm³/mol. The fourth-order valence-corrected chi connectivity index (χ4v) is 14.0. The minimum absolute atomic E-state index is 0.00610. The zero-order chi connectivity index (χ0) is 62.5. The number of Topliss-reactive ketones (excluding diaryl/α,β-unsaturated/α-hetero) is 1. The first-order chi connectivity index (χ1) is 40.9. The van der Waals surface area contributed by atoms with Crippen molar-refractivity contribution >= 4 is 56.8 Å². The number of ketones is 3. The van der Waals surface area contributed by atoms with Crippen LogP contribution >= 0.6 is 34.4 Å². The number of fused-ring (bicyclic) bond motifs is 3. The van der Waals surface area contributed by atoms with Crippen LogP contribution < -0.4 is 29.7 Å². The maximum atomic E-state index is 14.4. The van der Waals surface area contributed by atoms with E-state index in [0.29, 0.717) is 15.7 Å². The maximum absolute atomic E-state index is 14.4. The number of aliphatic hydroxyl groups excluding tert-OH is 4. The summed E-state index contributed by atoms with van der Waals surface area (Å²) in [4.78, 5) is 62.3. The van der Waals surface area contributed by atoms with Crippen molar-refractivity contribution in [2.45, 2.75) is 182 Å². The molecular formula is C58H75IN2O24S. The number of benzene rings is 3. The van der Waals surface area contributed by atoms with Gasteiger partial charge in [-0.3, -0.25) is 24.0 Å². The van der Waals surface area contributed by atoms with E-state index >= 15 is 0 Å². The Bertz CT molecular complexity index is 3030. The lowest BCUT2D eigenvalue weighted by atomic mass is 9.72. The fourth-order valence-electron chi connectivity index (χ4n) is 12.2. The summed E-state index contributed by atoms with van der Waals surface area (Å²) >= 11 is 2.78. The molecule has 2 aliphatic carbocycles. The first-order valence-corrected chi connectivity index (χ1v) is 30.1. The zero-order valence-corrected chi connectivity index (χ0v) is 52.2. The van der Waals surface area contributed by atoms with Gasteiger partial charge in [-0.1, -0.05) is 30.8 Å². The van der Waals surface area contributed by atoms with E-state index in [9.17, 15) is 54.9 Å². The molecule has 0 unspecified atom stereocenters. The summed E-state index contributed by atoms with van der Waals surface area (Å²) in [6.07, 6.45) is -19.0. The van der Waals surface area contributed by atoms with E-state index in [2.05, 4.69) is 10.8 Å². The summed E-state index contributed by atoms with van der Waals surface area (Å²) in [6.45, 7) is 10.3. The lowest BCUT2D eigenvalue weighted by molar-refractivity contribution is -0.343. The van der Waals surface area contributed by atoms with Crippen molar-refractivity contribution in [1.82, 2.24) is 10.8 Å². The Morgan fingerprint density at radius 1 is 0.791 bits per heavy atom. The van der Waals surface area contributed by atoms with E-state index in [-0.39, 0.29) is 76.3 Å². The van der Waals surface area contributed by atoms with E-state index in [1.807, 2.05) is 29.5 Å². The molecule has 0 aromatic heterocycles. The van der Waals surface area contributed by atoms with Gasteiger partial charge < -0.3 is 97.9 Å². The van der Waals surface area contributed by atoms with Gasteiger partial charge in [0.15, 0.2) is 41.9 Å². The number of phenolic OH excluding ortho intramolecular Hbond substituents is 2. The molecule has 19 atom stereocenters. The number of aromatic hydroxyl groups is 2. The van der Waals surface area contributed by atoms with E-state index in [1.54, 1.807) is 27.7 Å². The van der Waals surface area contributed by atoms with E-state index in [1.165, 1.54) is 53.7 Å². The van der Waals surface area contributed by atoms with E-state index < -0.39 is 167 Å². The zero-order valence-electron chi connectivity index (χ0n) is 49.2. The van der Waals surface area contributed by atoms with Crippen LogP contribution in [-0.4, -0.2) is 216 Å². The number of nitrogens with one attached hydrogen (secondary N) is 2. The summed E-state index contributed by atoms with van der Waals surface area (Å²) in [6, 6.07) is 2.94. The third kappa shape index (κ3) is 12.2. The molecule has 9 N–H and O–H groups in total. The van der Waals surface area contributed by atoms with Gasteiger partial charge in [-0.25, -0.2) is 0 Å². The molecule has 474 valence electrons. The van der Waals surface area contributed by atoms with Crippen LogP contribution in [0.3, 0.4) is 0 Å². The molecular weight excluding hydrogens is 1270 g/mol. The molecule has 9 rings (SSSR count). The number of hydrogen-bond acceptors (Lipinski definition) is 27. The summed E-state index contributed by atoms with van der Waals surface area (Å²) in [5, 5.41) is 84.0. The highest BCUT2D eigenvalue weighted by molar-refractivity contribution is 14.1. The first kappa shape index (κ1) is 66.0. The second-order valence-electron chi connectivity index (χ2n) is 22.1. The fraction of sp³-hybridized carbons (Fsp3) is 0.621. The highest BCUT2D eigenvalue weighted by Gasteiger charge is 2.54. The van der Waals surface area contributed by atoms with Crippen LogP contribution in [0.2, 0.25) is 0 Å². The molecule has 4 aliphatic heterocycles. The van der Waals surface area contributed by atoms with Gasteiger partial charge in [0.05, 0.1) is 108 Å². The number of hydrogen-bond donors (Lipinski definition) is 9. The molecule has 6 aliphatic rings. The Kier molecular flexibility index (Phi) is 20.7. The first-order valence-electron chi connectivity index (χ1n) is 28.1. The highest BCUT2D eigenvalue weighted by Crippen LogP contribution is 2.54. The number of carbonyl (C=O) groups is 4. The van der Waals surface area contributed by atoms with E-state index in [0.717, 1.165) is 18.7 Å². The SMILES string of the molecule is CCN[C@H]1CO[C@@H](O[C@H]2[C@@H](O[C@H]3C[C@](O)(C(C)=O)Cc4c(O)c5c(c(O)c43)C(=O)c3c(OC)cccc3C5=O)O[C@H](C)[C@@H](NO[C@H]3C[C@H](O)[C@H](SC(=O)c4c(C)c(I)c(O[C@@H]5O[C@@H](C)[C@H](O)[C@@H](OC)[C@H]5O)c(OC)c4OC)[C@@H](C)O3)[C@@H]2O)C[C@@H]1OC. The van der Waals surface area contributed by atoms with Gasteiger partial charge >= 0.3 is 0 Å². The molecule has 3 aromatic carbocycles. The van der Waals surface area contributed by atoms with Gasteiger partial charge in [-0.15, -0.1) is 0 Å².